The first-order valence-corrected chi connectivity index (χ1v) is 8.10. The Hall–Kier alpha value is -3.20. The van der Waals surface area contributed by atoms with Crippen molar-refractivity contribution < 1.29 is 24.2 Å². The standard InChI is InChI=1S/C17H18N4O5/c22-15(23)10-21-7-6-14(20-21)19-16(24)11-3-1-4-12(9-11)18-17(25)13-5-2-8-26-13/h1,3-4,6-7,9,13H,2,5,8,10H2,(H,18,25)(H,22,23)(H,19,20,24). The first-order chi connectivity index (χ1) is 12.5. The van der Waals surface area contributed by atoms with Crippen LogP contribution in [0.1, 0.15) is 23.2 Å². The fraction of sp³-hybridized carbons (Fsp3) is 0.294. The second kappa shape index (κ2) is 7.79. The summed E-state index contributed by atoms with van der Waals surface area (Å²) in [7, 11) is 0. The van der Waals surface area contributed by atoms with Gasteiger partial charge in [-0.1, -0.05) is 6.07 Å². The van der Waals surface area contributed by atoms with Gasteiger partial charge in [-0.25, -0.2) is 0 Å². The Labute approximate surface area is 149 Å². The zero-order valence-corrected chi connectivity index (χ0v) is 13.8. The molecule has 0 bridgehead atoms. The van der Waals surface area contributed by atoms with Gasteiger partial charge in [0.15, 0.2) is 5.82 Å². The largest absolute Gasteiger partial charge is 0.480 e. The molecule has 1 aliphatic rings. The van der Waals surface area contributed by atoms with Crippen molar-refractivity contribution in [1.29, 1.82) is 0 Å². The molecule has 0 aliphatic carbocycles. The average Bonchev–Trinajstić information content (AvgIpc) is 3.26. The average molecular weight is 358 g/mol. The van der Waals surface area contributed by atoms with Gasteiger partial charge in [0.05, 0.1) is 0 Å². The smallest absolute Gasteiger partial charge is 0.325 e. The van der Waals surface area contributed by atoms with Gasteiger partial charge in [0.1, 0.15) is 12.6 Å². The lowest BCUT2D eigenvalue weighted by Crippen LogP contribution is -2.27. The summed E-state index contributed by atoms with van der Waals surface area (Å²) in [5.74, 6) is -1.43. The third-order valence-electron chi connectivity index (χ3n) is 3.79. The predicted octanol–water partition coefficient (Wildman–Crippen LogP) is 1.34. The number of rotatable bonds is 6. The summed E-state index contributed by atoms with van der Waals surface area (Å²) in [6.07, 6.45) is 2.55. The molecule has 2 amide bonds. The van der Waals surface area contributed by atoms with Crippen LogP contribution in [0.5, 0.6) is 0 Å². The van der Waals surface area contributed by atoms with Crippen LogP contribution in [0, 0.1) is 0 Å². The molecular weight excluding hydrogens is 340 g/mol. The van der Waals surface area contributed by atoms with Crippen LogP contribution >= 0.6 is 0 Å². The highest BCUT2D eigenvalue weighted by Crippen LogP contribution is 2.17. The maximum absolute atomic E-state index is 12.3. The summed E-state index contributed by atoms with van der Waals surface area (Å²) < 4.78 is 6.53. The number of carboxylic acid groups (broad SMARTS) is 1. The molecule has 1 aromatic heterocycles. The van der Waals surface area contributed by atoms with E-state index in [0.717, 1.165) is 6.42 Å². The summed E-state index contributed by atoms with van der Waals surface area (Å²) >= 11 is 0. The number of amides is 2. The number of ether oxygens (including phenoxy) is 1. The molecule has 2 aromatic rings. The Bertz CT molecular complexity index is 826. The molecule has 1 aliphatic heterocycles. The fourth-order valence-electron chi connectivity index (χ4n) is 2.59. The summed E-state index contributed by atoms with van der Waals surface area (Å²) in [5.41, 5.74) is 0.831. The second-order valence-corrected chi connectivity index (χ2v) is 5.82. The first-order valence-electron chi connectivity index (χ1n) is 8.10. The van der Waals surface area contributed by atoms with E-state index in [1.165, 1.54) is 16.9 Å². The van der Waals surface area contributed by atoms with Crippen molar-refractivity contribution in [1.82, 2.24) is 9.78 Å². The van der Waals surface area contributed by atoms with E-state index in [1.807, 2.05) is 0 Å². The van der Waals surface area contributed by atoms with E-state index in [0.29, 0.717) is 24.3 Å². The van der Waals surface area contributed by atoms with E-state index in [9.17, 15) is 14.4 Å². The van der Waals surface area contributed by atoms with Crippen molar-refractivity contribution in [2.24, 2.45) is 0 Å². The van der Waals surface area contributed by atoms with Crippen LogP contribution in [0.4, 0.5) is 11.5 Å². The number of nitrogens with one attached hydrogen (secondary N) is 2. The van der Waals surface area contributed by atoms with Crippen LogP contribution in [0.25, 0.3) is 0 Å². The van der Waals surface area contributed by atoms with Gasteiger partial charge in [-0.3, -0.25) is 19.1 Å². The number of hydrogen-bond acceptors (Lipinski definition) is 5. The molecule has 1 saturated heterocycles. The topological polar surface area (TPSA) is 123 Å². The van der Waals surface area contributed by atoms with E-state index in [1.54, 1.807) is 24.3 Å². The molecule has 3 N–H and O–H groups in total. The van der Waals surface area contributed by atoms with Crippen LogP contribution in [-0.4, -0.2) is 45.4 Å². The van der Waals surface area contributed by atoms with E-state index in [4.69, 9.17) is 9.84 Å². The Morgan fingerprint density at radius 2 is 2.12 bits per heavy atom. The molecule has 1 aromatic carbocycles. The highest BCUT2D eigenvalue weighted by molar-refractivity contribution is 6.05. The van der Waals surface area contributed by atoms with Gasteiger partial charge in [-0.2, -0.15) is 5.10 Å². The monoisotopic (exact) mass is 358 g/mol. The Balaban J connectivity index is 1.63. The van der Waals surface area contributed by atoms with Gasteiger partial charge >= 0.3 is 5.97 Å². The highest BCUT2D eigenvalue weighted by Gasteiger charge is 2.23. The molecule has 0 radical (unpaired) electrons. The third-order valence-corrected chi connectivity index (χ3v) is 3.79. The minimum atomic E-state index is -1.03. The third kappa shape index (κ3) is 4.45. The van der Waals surface area contributed by atoms with Crippen LogP contribution in [0.15, 0.2) is 36.5 Å². The van der Waals surface area contributed by atoms with Crippen molar-refractivity contribution in [2.45, 2.75) is 25.5 Å². The SMILES string of the molecule is O=C(O)Cn1ccc(NC(=O)c2cccc(NC(=O)C3CCCO3)c2)n1. The van der Waals surface area contributed by atoms with Gasteiger partial charge in [-0.05, 0) is 31.0 Å². The van der Waals surface area contributed by atoms with E-state index >= 15 is 0 Å². The Morgan fingerprint density at radius 3 is 2.85 bits per heavy atom. The lowest BCUT2D eigenvalue weighted by Gasteiger charge is -2.11. The molecule has 1 fully saturated rings. The number of nitrogens with zero attached hydrogens (tertiary/aromatic N) is 2. The van der Waals surface area contributed by atoms with Crippen molar-refractivity contribution in [3.05, 3.63) is 42.1 Å². The molecule has 9 nitrogen and oxygen atoms in total. The van der Waals surface area contributed by atoms with Crippen molar-refractivity contribution in [2.75, 3.05) is 17.2 Å². The first kappa shape index (κ1) is 17.6. The molecule has 0 saturated carbocycles. The molecule has 1 unspecified atom stereocenters. The van der Waals surface area contributed by atoms with Gasteiger partial charge in [0.2, 0.25) is 0 Å². The molecule has 136 valence electrons. The van der Waals surface area contributed by atoms with Crippen LogP contribution in [0.3, 0.4) is 0 Å². The summed E-state index contributed by atoms with van der Waals surface area (Å²) in [5, 5.41) is 18.0. The highest BCUT2D eigenvalue weighted by atomic mass is 16.5. The molecule has 1 atom stereocenters. The number of aliphatic carboxylic acids is 1. The van der Waals surface area contributed by atoms with Crippen molar-refractivity contribution in [3.63, 3.8) is 0 Å². The minimum Gasteiger partial charge on any atom is -0.480 e. The zero-order valence-electron chi connectivity index (χ0n) is 13.8. The zero-order chi connectivity index (χ0) is 18.5. The molecule has 0 spiro atoms. The van der Waals surface area contributed by atoms with E-state index < -0.39 is 18.0 Å². The van der Waals surface area contributed by atoms with Gasteiger partial charge in [0, 0.05) is 30.1 Å². The molecule has 26 heavy (non-hydrogen) atoms. The maximum Gasteiger partial charge on any atom is 0.325 e. The number of carbonyl (C=O) groups is 3. The number of carbonyl (C=O) groups excluding carboxylic acids is 2. The Morgan fingerprint density at radius 1 is 1.27 bits per heavy atom. The van der Waals surface area contributed by atoms with Crippen LogP contribution in [-0.2, 0) is 20.9 Å². The van der Waals surface area contributed by atoms with Crippen LogP contribution < -0.4 is 10.6 Å². The maximum atomic E-state index is 12.3. The van der Waals surface area contributed by atoms with Gasteiger partial charge in [-0.15, -0.1) is 0 Å². The predicted molar refractivity (Wildman–Crippen MR) is 91.9 cm³/mol. The lowest BCUT2D eigenvalue weighted by molar-refractivity contribution is -0.137. The number of benzene rings is 1. The van der Waals surface area contributed by atoms with E-state index in [-0.39, 0.29) is 18.3 Å². The van der Waals surface area contributed by atoms with Crippen molar-refractivity contribution in [3.8, 4) is 0 Å². The summed E-state index contributed by atoms with van der Waals surface area (Å²) in [6.45, 7) is 0.287. The number of carboxylic acids is 1. The molecule has 2 heterocycles. The number of hydrogen-bond donors (Lipinski definition) is 3. The molecule has 9 heteroatoms. The second-order valence-electron chi connectivity index (χ2n) is 5.82. The summed E-state index contributed by atoms with van der Waals surface area (Å²) in [4.78, 5) is 35.1. The fourth-order valence-corrected chi connectivity index (χ4v) is 2.59. The van der Waals surface area contributed by atoms with Gasteiger partial charge < -0.3 is 20.5 Å². The normalized spacial score (nSPS) is 16.2. The Kier molecular flexibility index (Phi) is 5.28. The number of anilines is 2. The van der Waals surface area contributed by atoms with Gasteiger partial charge in [0.25, 0.3) is 11.8 Å². The molecular formula is C17H18N4O5. The lowest BCUT2D eigenvalue weighted by atomic mass is 10.1. The minimum absolute atomic E-state index is 0.229. The quantitative estimate of drug-likeness (QED) is 0.716. The van der Waals surface area contributed by atoms with E-state index in [2.05, 4.69) is 15.7 Å². The van der Waals surface area contributed by atoms with Crippen LogP contribution in [0.2, 0.25) is 0 Å². The molecule has 3 rings (SSSR count). The number of aromatic nitrogens is 2. The van der Waals surface area contributed by atoms with Crippen molar-refractivity contribution >= 4 is 29.3 Å². The summed E-state index contributed by atoms with van der Waals surface area (Å²) in [6, 6.07) is 8.00.